The predicted octanol–water partition coefficient (Wildman–Crippen LogP) is 0.513. The smallest absolute Gasteiger partial charge is 0.327 e. The number of nitrogens with one attached hydrogen (secondary N) is 1. The fourth-order valence-corrected chi connectivity index (χ4v) is 2.67. The number of carbonyl (C=O) groups is 2. The van der Waals surface area contributed by atoms with Crippen molar-refractivity contribution >= 4 is 22.7 Å². The van der Waals surface area contributed by atoms with Crippen molar-refractivity contribution in [2.75, 3.05) is 5.75 Å². The summed E-state index contributed by atoms with van der Waals surface area (Å²) in [5.41, 5.74) is 0. The number of carboxylic acid groups (broad SMARTS) is 1. The minimum Gasteiger partial charge on any atom is -0.480 e. The molecule has 0 aliphatic carbocycles. The monoisotopic (exact) mass is 249 g/mol. The Kier molecular flexibility index (Phi) is 6.96. The molecule has 2 N–H and O–H groups in total. The lowest BCUT2D eigenvalue weighted by Crippen LogP contribution is -2.44. The van der Waals surface area contributed by atoms with Gasteiger partial charge < -0.3 is 10.4 Å². The van der Waals surface area contributed by atoms with Crippen molar-refractivity contribution in [3.8, 4) is 0 Å². The van der Waals surface area contributed by atoms with E-state index in [-0.39, 0.29) is 11.0 Å². The molecule has 0 saturated heterocycles. The van der Waals surface area contributed by atoms with Crippen LogP contribution in [-0.4, -0.2) is 38.2 Å². The third kappa shape index (κ3) is 5.85. The van der Waals surface area contributed by atoms with Crippen LogP contribution in [0.25, 0.3) is 0 Å². The van der Waals surface area contributed by atoms with Crippen molar-refractivity contribution in [1.82, 2.24) is 5.32 Å². The van der Waals surface area contributed by atoms with Crippen LogP contribution in [-0.2, 0) is 20.4 Å². The molecule has 0 aliphatic rings. The van der Waals surface area contributed by atoms with Crippen molar-refractivity contribution in [3.05, 3.63) is 0 Å². The van der Waals surface area contributed by atoms with Gasteiger partial charge in [0, 0.05) is 23.0 Å². The van der Waals surface area contributed by atoms with Gasteiger partial charge in [-0.25, -0.2) is 4.79 Å². The Morgan fingerprint density at radius 3 is 2.38 bits per heavy atom. The molecule has 2 unspecified atom stereocenters. The van der Waals surface area contributed by atoms with E-state index in [0.717, 1.165) is 12.8 Å². The van der Waals surface area contributed by atoms with E-state index in [4.69, 9.17) is 5.11 Å². The van der Waals surface area contributed by atoms with Gasteiger partial charge in [0.15, 0.2) is 0 Å². The zero-order valence-corrected chi connectivity index (χ0v) is 10.7. The molecule has 0 saturated carbocycles. The van der Waals surface area contributed by atoms with Gasteiger partial charge in [-0.05, 0) is 6.42 Å². The molecule has 0 aromatic rings. The molecule has 5 nitrogen and oxygen atoms in total. The topological polar surface area (TPSA) is 83.5 Å². The van der Waals surface area contributed by atoms with Crippen molar-refractivity contribution in [3.63, 3.8) is 0 Å². The predicted molar refractivity (Wildman–Crippen MR) is 62.6 cm³/mol. The van der Waals surface area contributed by atoms with Crippen LogP contribution >= 0.6 is 0 Å². The number of amides is 1. The highest BCUT2D eigenvalue weighted by molar-refractivity contribution is 7.85. The average molecular weight is 249 g/mol. The summed E-state index contributed by atoms with van der Waals surface area (Å²) in [4.78, 5) is 21.6. The van der Waals surface area contributed by atoms with Gasteiger partial charge in [0.1, 0.15) is 6.04 Å². The minimum absolute atomic E-state index is 0.0317. The van der Waals surface area contributed by atoms with E-state index in [9.17, 15) is 13.8 Å². The number of hydrogen-bond acceptors (Lipinski definition) is 3. The molecule has 0 radical (unpaired) electrons. The number of carbonyl (C=O) groups excluding carboxylic acids is 1. The fourth-order valence-electron chi connectivity index (χ4n) is 1.29. The van der Waals surface area contributed by atoms with Crippen molar-refractivity contribution in [2.45, 2.75) is 44.9 Å². The molecular formula is C10H19NO4S. The summed E-state index contributed by atoms with van der Waals surface area (Å²) >= 11 is 0. The van der Waals surface area contributed by atoms with Crippen LogP contribution in [0.2, 0.25) is 0 Å². The molecule has 0 spiro atoms. The summed E-state index contributed by atoms with van der Waals surface area (Å²) in [6, 6.07) is -1.06. The maximum atomic E-state index is 11.7. The van der Waals surface area contributed by atoms with Gasteiger partial charge in [-0.2, -0.15) is 0 Å². The number of hydrogen-bond donors (Lipinski definition) is 2. The van der Waals surface area contributed by atoms with Crippen LogP contribution in [0.15, 0.2) is 0 Å². The van der Waals surface area contributed by atoms with Gasteiger partial charge >= 0.3 is 5.97 Å². The molecule has 3 atom stereocenters. The lowest BCUT2D eigenvalue weighted by molar-refractivity contribution is -0.140. The molecule has 0 rings (SSSR count). The largest absolute Gasteiger partial charge is 0.480 e. The first kappa shape index (κ1) is 15.1. The third-order valence-corrected chi connectivity index (χ3v) is 3.95. The highest BCUT2D eigenvalue weighted by Crippen LogP contribution is 2.06. The second kappa shape index (κ2) is 7.38. The number of carboxylic acids is 1. The second-order valence-electron chi connectivity index (χ2n) is 3.74. The van der Waals surface area contributed by atoms with Crippen molar-refractivity contribution in [1.29, 1.82) is 0 Å². The zero-order valence-electron chi connectivity index (χ0n) is 9.86. The van der Waals surface area contributed by atoms with E-state index in [2.05, 4.69) is 5.32 Å². The maximum Gasteiger partial charge on any atom is 0.327 e. The molecule has 1 amide bonds. The average Bonchev–Trinajstić information content (AvgIpc) is 2.16. The van der Waals surface area contributed by atoms with Gasteiger partial charge in [-0.1, -0.05) is 20.3 Å². The van der Waals surface area contributed by atoms with E-state index in [1.54, 1.807) is 0 Å². The Labute approximate surface area is 98.1 Å². The quantitative estimate of drug-likeness (QED) is 0.688. The summed E-state index contributed by atoms with van der Waals surface area (Å²) in [6.45, 7) is 5.05. The molecule has 0 aliphatic heterocycles. The van der Waals surface area contributed by atoms with Gasteiger partial charge in [0.25, 0.3) is 0 Å². The van der Waals surface area contributed by atoms with Crippen LogP contribution in [0.1, 0.15) is 33.6 Å². The molecule has 0 fully saturated rings. The molecule has 0 aromatic heterocycles. The van der Waals surface area contributed by atoms with Crippen LogP contribution in [0, 0.1) is 0 Å². The molecule has 94 valence electrons. The van der Waals surface area contributed by atoms with Gasteiger partial charge in [-0.15, -0.1) is 0 Å². The summed E-state index contributed by atoms with van der Waals surface area (Å²) in [5, 5.41) is 11.1. The van der Waals surface area contributed by atoms with Crippen LogP contribution < -0.4 is 5.32 Å². The molecule has 6 heteroatoms. The van der Waals surface area contributed by atoms with E-state index in [1.165, 1.54) is 6.92 Å². The molecule has 0 aromatic carbocycles. The molecule has 16 heavy (non-hydrogen) atoms. The van der Waals surface area contributed by atoms with Gasteiger partial charge in [0.05, 0.1) is 5.75 Å². The fraction of sp³-hybridized carbons (Fsp3) is 0.800. The molecular weight excluding hydrogens is 230 g/mol. The zero-order chi connectivity index (χ0) is 12.7. The molecule has 0 heterocycles. The van der Waals surface area contributed by atoms with E-state index in [0.29, 0.717) is 0 Å². The van der Waals surface area contributed by atoms with Crippen LogP contribution in [0.4, 0.5) is 0 Å². The summed E-state index contributed by atoms with van der Waals surface area (Å²) in [5.74, 6) is -1.60. The Hall–Kier alpha value is -0.910. The summed E-state index contributed by atoms with van der Waals surface area (Å²) < 4.78 is 11.7. The first-order valence-electron chi connectivity index (χ1n) is 5.25. The normalized spacial score (nSPS) is 16.2. The van der Waals surface area contributed by atoms with Crippen molar-refractivity contribution < 1.29 is 18.9 Å². The highest BCUT2D eigenvalue weighted by atomic mass is 32.2. The maximum absolute atomic E-state index is 11.7. The standard InChI is InChI=1S/C10H19NO4S/c1-4-5-7(2)16(15)6-9(10(13)14)11-8(3)12/h7,9H,4-6H2,1-3H3,(H,11,12)(H,13,14)/t7?,9-,16?/m0/s1. The lowest BCUT2D eigenvalue weighted by Gasteiger charge is -2.16. The Bertz CT molecular complexity index is 280. The van der Waals surface area contributed by atoms with E-state index < -0.39 is 28.7 Å². The SMILES string of the molecule is CCCC(C)S(=O)C[C@H](NC(C)=O)C(=O)O. The lowest BCUT2D eigenvalue weighted by atomic mass is 10.3. The Morgan fingerprint density at radius 2 is 2.00 bits per heavy atom. The van der Waals surface area contributed by atoms with Crippen LogP contribution in [0.3, 0.4) is 0 Å². The van der Waals surface area contributed by atoms with Gasteiger partial charge in [-0.3, -0.25) is 9.00 Å². The van der Waals surface area contributed by atoms with Gasteiger partial charge in [0.2, 0.25) is 5.91 Å². The summed E-state index contributed by atoms with van der Waals surface area (Å²) in [6.07, 6.45) is 1.70. The molecule has 0 bridgehead atoms. The number of rotatable bonds is 7. The summed E-state index contributed by atoms with van der Waals surface area (Å²) in [7, 11) is -1.23. The number of aliphatic carboxylic acids is 1. The Balaban J connectivity index is 4.34. The third-order valence-electron chi connectivity index (χ3n) is 2.15. The first-order valence-corrected chi connectivity index (χ1v) is 6.63. The van der Waals surface area contributed by atoms with Crippen LogP contribution in [0.5, 0.6) is 0 Å². The highest BCUT2D eigenvalue weighted by Gasteiger charge is 2.23. The van der Waals surface area contributed by atoms with E-state index in [1.807, 2.05) is 13.8 Å². The minimum atomic E-state index is -1.23. The van der Waals surface area contributed by atoms with Crippen molar-refractivity contribution in [2.24, 2.45) is 0 Å². The van der Waals surface area contributed by atoms with E-state index >= 15 is 0 Å². The first-order chi connectivity index (χ1) is 7.38. The Morgan fingerprint density at radius 1 is 1.44 bits per heavy atom. The second-order valence-corrected chi connectivity index (χ2v) is 5.64.